The number of unbranched alkanes of at least 4 members (excludes halogenated alkanes) is 2. The Morgan fingerprint density at radius 2 is 1.33 bits per heavy atom. The van der Waals surface area contributed by atoms with Gasteiger partial charge in [-0.3, -0.25) is 0 Å². The Morgan fingerprint density at radius 3 is 1.83 bits per heavy atom. The maximum absolute atomic E-state index is 2.42. The van der Waals surface area contributed by atoms with Crippen molar-refractivity contribution in [2.75, 3.05) is 0 Å². The predicted octanol–water partition coefficient (Wildman–Crippen LogP) is 6.84. The van der Waals surface area contributed by atoms with Crippen molar-refractivity contribution < 1.29 is 0 Å². The first-order chi connectivity index (χ1) is 8.69. The van der Waals surface area contributed by atoms with E-state index in [9.17, 15) is 0 Å². The lowest BCUT2D eigenvalue weighted by Crippen LogP contribution is -2.15. The molecule has 3 atom stereocenters. The fraction of sp³-hybridized carbons (Fsp3) is 1.00. The van der Waals surface area contributed by atoms with Gasteiger partial charge in [-0.2, -0.15) is 0 Å². The molecule has 0 heteroatoms. The largest absolute Gasteiger partial charge is 0.0654 e. The molecule has 0 aromatic rings. The van der Waals surface area contributed by atoms with Crippen LogP contribution in [0.15, 0.2) is 0 Å². The Bertz CT molecular complexity index is 161. The van der Waals surface area contributed by atoms with Crippen molar-refractivity contribution in [3.63, 3.8) is 0 Å². The van der Waals surface area contributed by atoms with Crippen LogP contribution in [0.3, 0.4) is 0 Å². The van der Waals surface area contributed by atoms with Gasteiger partial charge in [0.1, 0.15) is 0 Å². The third-order valence-corrected chi connectivity index (χ3v) is 4.76. The van der Waals surface area contributed by atoms with Gasteiger partial charge >= 0.3 is 0 Å². The van der Waals surface area contributed by atoms with Gasteiger partial charge in [-0.25, -0.2) is 0 Å². The zero-order valence-corrected chi connectivity index (χ0v) is 13.8. The second-order valence-electron chi connectivity index (χ2n) is 6.30. The van der Waals surface area contributed by atoms with E-state index in [-0.39, 0.29) is 0 Å². The van der Waals surface area contributed by atoms with E-state index < -0.39 is 0 Å². The average molecular weight is 255 g/mol. The molecule has 3 unspecified atom stereocenters. The van der Waals surface area contributed by atoms with Gasteiger partial charge in [-0.05, 0) is 24.2 Å². The van der Waals surface area contributed by atoms with E-state index in [1.54, 1.807) is 0 Å². The molecule has 0 rings (SSSR count). The summed E-state index contributed by atoms with van der Waals surface area (Å²) < 4.78 is 0. The summed E-state index contributed by atoms with van der Waals surface area (Å²) in [5.41, 5.74) is 0. The average Bonchev–Trinajstić information content (AvgIpc) is 2.40. The summed E-state index contributed by atoms with van der Waals surface area (Å²) in [5, 5.41) is 0. The van der Waals surface area contributed by atoms with Crippen LogP contribution in [-0.4, -0.2) is 0 Å². The molecule has 0 spiro atoms. The maximum atomic E-state index is 2.42. The molecular formula is C18H38. The molecule has 0 fully saturated rings. The molecule has 0 bridgehead atoms. The molecule has 0 nitrogen and oxygen atoms in total. The van der Waals surface area contributed by atoms with Crippen LogP contribution in [0.1, 0.15) is 98.8 Å². The molecule has 0 aromatic carbocycles. The molecule has 110 valence electrons. The van der Waals surface area contributed by atoms with Crippen molar-refractivity contribution in [2.24, 2.45) is 17.8 Å². The Labute approximate surface area is 117 Å². The normalized spacial score (nSPS) is 16.5. The lowest BCUT2D eigenvalue weighted by molar-refractivity contribution is 0.244. The highest BCUT2D eigenvalue weighted by atomic mass is 14.2. The van der Waals surface area contributed by atoms with Crippen molar-refractivity contribution in [1.82, 2.24) is 0 Å². The molecule has 0 aliphatic rings. The highest BCUT2D eigenvalue weighted by Gasteiger charge is 2.19. The Morgan fingerprint density at radius 1 is 0.611 bits per heavy atom. The van der Waals surface area contributed by atoms with Crippen LogP contribution in [0.25, 0.3) is 0 Å². The summed E-state index contributed by atoms with van der Waals surface area (Å²) in [4.78, 5) is 0. The highest BCUT2D eigenvalue weighted by molar-refractivity contribution is 4.70. The number of rotatable bonds is 12. The molecule has 0 heterocycles. The first-order valence-electron chi connectivity index (χ1n) is 8.69. The molecule has 0 amide bonds. The summed E-state index contributed by atoms with van der Waals surface area (Å²) >= 11 is 0. The van der Waals surface area contributed by atoms with Crippen molar-refractivity contribution in [3.8, 4) is 0 Å². The lowest BCUT2D eigenvalue weighted by atomic mass is 9.79. The summed E-state index contributed by atoms with van der Waals surface area (Å²) in [7, 11) is 0. The molecule has 0 aromatic heterocycles. The van der Waals surface area contributed by atoms with Gasteiger partial charge in [0.15, 0.2) is 0 Å². The first kappa shape index (κ1) is 18.0. The smallest absolute Gasteiger partial charge is 0.0386 e. The Hall–Kier alpha value is 0. The third-order valence-electron chi connectivity index (χ3n) is 4.76. The zero-order valence-electron chi connectivity index (χ0n) is 13.8. The van der Waals surface area contributed by atoms with E-state index >= 15 is 0 Å². The molecule has 0 N–H and O–H groups in total. The minimum atomic E-state index is 0.929. The van der Waals surface area contributed by atoms with E-state index in [2.05, 4.69) is 34.6 Å². The minimum Gasteiger partial charge on any atom is -0.0654 e. The highest BCUT2D eigenvalue weighted by Crippen LogP contribution is 2.31. The van der Waals surface area contributed by atoms with Gasteiger partial charge < -0.3 is 0 Å². The standard InChI is InChI=1S/C18H38/c1-6-10-11-13-18(15-14-16(5)8-3)17(9-4)12-7-2/h16-18H,6-15H2,1-5H3. The third kappa shape index (κ3) is 8.16. The zero-order chi connectivity index (χ0) is 13.8. The van der Waals surface area contributed by atoms with E-state index in [1.807, 2.05) is 0 Å². The molecule has 0 saturated carbocycles. The molecule has 0 saturated heterocycles. The SMILES string of the molecule is CCCCCC(CCC(C)CC)C(CC)CCC. The van der Waals surface area contributed by atoms with Gasteiger partial charge in [0, 0.05) is 0 Å². The molecule has 18 heavy (non-hydrogen) atoms. The number of hydrogen-bond acceptors (Lipinski definition) is 0. The van der Waals surface area contributed by atoms with Gasteiger partial charge in [0.2, 0.25) is 0 Å². The fourth-order valence-electron chi connectivity index (χ4n) is 3.12. The second kappa shape index (κ2) is 12.1. The molecule has 0 aliphatic carbocycles. The van der Waals surface area contributed by atoms with Crippen molar-refractivity contribution in [1.29, 1.82) is 0 Å². The van der Waals surface area contributed by atoms with E-state index in [4.69, 9.17) is 0 Å². The van der Waals surface area contributed by atoms with Crippen LogP contribution < -0.4 is 0 Å². The maximum Gasteiger partial charge on any atom is -0.0386 e. The minimum absolute atomic E-state index is 0.929. The van der Waals surface area contributed by atoms with E-state index in [0.29, 0.717) is 0 Å². The van der Waals surface area contributed by atoms with Gasteiger partial charge in [-0.1, -0.05) is 92.4 Å². The Balaban J connectivity index is 4.20. The second-order valence-corrected chi connectivity index (χ2v) is 6.30. The van der Waals surface area contributed by atoms with Gasteiger partial charge in [-0.15, -0.1) is 0 Å². The summed E-state index contributed by atoms with van der Waals surface area (Å²) in [5.74, 6) is 2.93. The quantitative estimate of drug-likeness (QED) is 0.335. The van der Waals surface area contributed by atoms with Crippen LogP contribution in [0.2, 0.25) is 0 Å². The monoisotopic (exact) mass is 254 g/mol. The Kier molecular flexibility index (Phi) is 12.1. The summed E-state index contributed by atoms with van der Waals surface area (Å²) in [6, 6.07) is 0. The molecule has 0 aliphatic heterocycles. The van der Waals surface area contributed by atoms with Crippen LogP contribution in [0.4, 0.5) is 0 Å². The summed E-state index contributed by atoms with van der Waals surface area (Å²) in [6.45, 7) is 11.8. The predicted molar refractivity (Wildman–Crippen MR) is 85.0 cm³/mol. The van der Waals surface area contributed by atoms with Crippen LogP contribution in [0.5, 0.6) is 0 Å². The van der Waals surface area contributed by atoms with Crippen molar-refractivity contribution >= 4 is 0 Å². The molecule has 0 radical (unpaired) electrons. The fourth-order valence-corrected chi connectivity index (χ4v) is 3.12. The molecular weight excluding hydrogens is 216 g/mol. The van der Waals surface area contributed by atoms with Gasteiger partial charge in [0.05, 0.1) is 0 Å². The first-order valence-corrected chi connectivity index (χ1v) is 8.69. The van der Waals surface area contributed by atoms with Crippen molar-refractivity contribution in [2.45, 2.75) is 98.8 Å². The lowest BCUT2D eigenvalue weighted by Gasteiger charge is -2.27. The van der Waals surface area contributed by atoms with E-state index in [1.165, 1.54) is 64.2 Å². The van der Waals surface area contributed by atoms with Crippen LogP contribution in [-0.2, 0) is 0 Å². The van der Waals surface area contributed by atoms with Crippen LogP contribution >= 0.6 is 0 Å². The van der Waals surface area contributed by atoms with Crippen LogP contribution in [0, 0.1) is 17.8 Å². The van der Waals surface area contributed by atoms with Gasteiger partial charge in [0.25, 0.3) is 0 Å². The summed E-state index contributed by atoms with van der Waals surface area (Å²) in [6.07, 6.45) is 14.2. The number of hydrogen-bond donors (Lipinski definition) is 0. The van der Waals surface area contributed by atoms with Crippen molar-refractivity contribution in [3.05, 3.63) is 0 Å². The van der Waals surface area contributed by atoms with E-state index in [0.717, 1.165) is 17.8 Å². The topological polar surface area (TPSA) is 0 Å².